The van der Waals surface area contributed by atoms with Crippen LogP contribution in [0.3, 0.4) is 0 Å². The molecule has 0 heterocycles. The molecule has 4 saturated carbocycles. The van der Waals surface area contributed by atoms with Crippen molar-refractivity contribution in [3.8, 4) is 5.75 Å². The van der Waals surface area contributed by atoms with Crippen LogP contribution in [0.15, 0.2) is 48.5 Å². The van der Waals surface area contributed by atoms with Crippen LogP contribution in [0.4, 0.5) is 0 Å². The number of hydrogen-bond donors (Lipinski definition) is 3. The molecule has 3 amide bonds. The third-order valence-corrected chi connectivity index (χ3v) is 7.86. The maximum atomic E-state index is 13.1. The first kappa shape index (κ1) is 23.4. The van der Waals surface area contributed by atoms with E-state index in [-0.39, 0.29) is 17.9 Å². The molecule has 0 saturated heterocycles. The van der Waals surface area contributed by atoms with Crippen molar-refractivity contribution in [3.05, 3.63) is 65.2 Å². The van der Waals surface area contributed by atoms with Gasteiger partial charge in [0.15, 0.2) is 6.61 Å². The molecule has 0 aliphatic heterocycles. The van der Waals surface area contributed by atoms with E-state index in [9.17, 15) is 14.4 Å². The summed E-state index contributed by atoms with van der Waals surface area (Å²) in [6.45, 7) is 2.19. The Morgan fingerprint density at radius 3 is 2.20 bits per heavy atom. The van der Waals surface area contributed by atoms with E-state index in [1.165, 1.54) is 19.3 Å². The third kappa shape index (κ3) is 5.34. The van der Waals surface area contributed by atoms with Gasteiger partial charge in [-0.2, -0.15) is 0 Å². The summed E-state index contributed by atoms with van der Waals surface area (Å²) in [5, 5.41) is 3.17. The van der Waals surface area contributed by atoms with Gasteiger partial charge < -0.3 is 10.1 Å². The van der Waals surface area contributed by atoms with Gasteiger partial charge in [0.05, 0.1) is 0 Å². The van der Waals surface area contributed by atoms with Crippen molar-refractivity contribution in [2.24, 2.45) is 23.2 Å². The van der Waals surface area contributed by atoms with Gasteiger partial charge in [-0.3, -0.25) is 25.2 Å². The summed E-state index contributed by atoms with van der Waals surface area (Å²) < 4.78 is 5.43. The summed E-state index contributed by atoms with van der Waals surface area (Å²) >= 11 is 0. The van der Waals surface area contributed by atoms with Crippen molar-refractivity contribution in [2.75, 3.05) is 6.61 Å². The average Bonchev–Trinajstić information content (AvgIpc) is 2.84. The zero-order chi connectivity index (χ0) is 24.4. The minimum atomic E-state index is -0.455. The highest BCUT2D eigenvalue weighted by Crippen LogP contribution is 2.60. The first-order valence-corrected chi connectivity index (χ1v) is 12.5. The lowest BCUT2D eigenvalue weighted by Gasteiger charge is -2.55. The van der Waals surface area contributed by atoms with Crippen molar-refractivity contribution in [2.45, 2.75) is 52.0 Å². The summed E-state index contributed by atoms with van der Waals surface area (Å²) in [5.74, 6) is 2.13. The van der Waals surface area contributed by atoms with Crippen molar-refractivity contribution in [1.29, 1.82) is 0 Å². The quantitative estimate of drug-likeness (QED) is 0.533. The Morgan fingerprint density at radius 2 is 1.57 bits per heavy atom. The molecule has 3 N–H and O–H groups in total. The zero-order valence-electron chi connectivity index (χ0n) is 20.1. The van der Waals surface area contributed by atoms with Crippen LogP contribution in [-0.2, 0) is 16.1 Å². The van der Waals surface area contributed by atoms with Gasteiger partial charge in [-0.05, 0) is 98.6 Å². The third-order valence-electron chi connectivity index (χ3n) is 7.86. The van der Waals surface area contributed by atoms with Crippen LogP contribution < -0.4 is 20.9 Å². The maximum Gasteiger partial charge on any atom is 0.276 e. The Morgan fingerprint density at radius 1 is 0.914 bits per heavy atom. The van der Waals surface area contributed by atoms with Crippen LogP contribution >= 0.6 is 0 Å². The number of nitrogens with one attached hydrogen (secondary N) is 3. The number of carbonyl (C=O) groups excluding carboxylic acids is 3. The first-order chi connectivity index (χ1) is 16.9. The molecule has 2 aromatic rings. The molecule has 4 bridgehead atoms. The number of ether oxygens (including phenoxy) is 1. The minimum absolute atomic E-state index is 0.157. The van der Waals surface area contributed by atoms with E-state index in [1.807, 2.05) is 37.3 Å². The normalized spacial score (nSPS) is 26.1. The molecule has 0 aromatic heterocycles. The van der Waals surface area contributed by atoms with E-state index in [1.54, 1.807) is 18.2 Å². The predicted molar refractivity (Wildman–Crippen MR) is 131 cm³/mol. The Labute approximate surface area is 206 Å². The molecule has 6 rings (SSSR count). The van der Waals surface area contributed by atoms with Crippen molar-refractivity contribution >= 4 is 17.7 Å². The van der Waals surface area contributed by atoms with Gasteiger partial charge in [-0.15, -0.1) is 0 Å². The maximum absolute atomic E-state index is 13.1. The molecule has 0 atom stereocenters. The monoisotopic (exact) mass is 475 g/mol. The largest absolute Gasteiger partial charge is 0.484 e. The SMILES string of the molecule is Cc1cccc(OCC(=O)NNC(=O)c2ccc(CNC(=O)C34CC5CC(CC(C5)C3)C4)cc2)c1. The molecule has 184 valence electrons. The molecule has 0 radical (unpaired) electrons. The summed E-state index contributed by atoms with van der Waals surface area (Å²) in [5.41, 5.74) is 7.00. The highest BCUT2D eigenvalue weighted by molar-refractivity contribution is 5.95. The first-order valence-electron chi connectivity index (χ1n) is 12.5. The summed E-state index contributed by atoms with van der Waals surface area (Å²) in [7, 11) is 0. The fraction of sp³-hybridized carbons (Fsp3) is 0.464. The Bertz CT molecular complexity index is 1080. The Balaban J connectivity index is 1.07. The number of hydrogen-bond acceptors (Lipinski definition) is 4. The average molecular weight is 476 g/mol. The van der Waals surface area contributed by atoms with Gasteiger partial charge in [-0.1, -0.05) is 24.3 Å². The van der Waals surface area contributed by atoms with Gasteiger partial charge in [-0.25, -0.2) is 0 Å². The second kappa shape index (κ2) is 9.72. The zero-order valence-corrected chi connectivity index (χ0v) is 20.1. The molecule has 4 aliphatic rings. The number of rotatable bonds is 7. The lowest BCUT2D eigenvalue weighted by Crippen LogP contribution is -2.53. The van der Waals surface area contributed by atoms with Gasteiger partial charge in [0, 0.05) is 17.5 Å². The molecular weight excluding hydrogens is 442 g/mol. The van der Waals surface area contributed by atoms with Crippen LogP contribution in [0.5, 0.6) is 5.75 Å². The standard InChI is InChI=1S/C28H33N3O4/c1-18-3-2-4-24(9-18)35-17-25(32)30-31-26(33)23-7-5-19(6-8-23)16-29-27(34)28-13-20-10-21(14-28)12-22(11-20)15-28/h2-9,20-22H,10-17H2,1H3,(H,29,34)(H,30,32)(H,31,33). The minimum Gasteiger partial charge on any atom is -0.484 e. The van der Waals surface area contributed by atoms with Crippen LogP contribution in [0.25, 0.3) is 0 Å². The lowest BCUT2D eigenvalue weighted by atomic mass is 9.49. The van der Waals surface area contributed by atoms with E-state index in [0.29, 0.717) is 17.9 Å². The molecule has 0 spiro atoms. The molecule has 4 fully saturated rings. The lowest BCUT2D eigenvalue weighted by molar-refractivity contribution is -0.146. The second-order valence-electron chi connectivity index (χ2n) is 10.7. The highest BCUT2D eigenvalue weighted by atomic mass is 16.5. The second-order valence-corrected chi connectivity index (χ2v) is 10.7. The van der Waals surface area contributed by atoms with E-state index in [4.69, 9.17) is 4.74 Å². The van der Waals surface area contributed by atoms with Crippen LogP contribution in [0.1, 0.15) is 60.0 Å². The summed E-state index contributed by atoms with van der Waals surface area (Å²) in [4.78, 5) is 37.5. The van der Waals surface area contributed by atoms with Crippen LogP contribution in [-0.4, -0.2) is 24.3 Å². The van der Waals surface area contributed by atoms with Gasteiger partial charge in [0.25, 0.3) is 11.8 Å². The molecule has 35 heavy (non-hydrogen) atoms. The highest BCUT2D eigenvalue weighted by Gasteiger charge is 2.54. The van der Waals surface area contributed by atoms with Crippen molar-refractivity contribution < 1.29 is 19.1 Å². The fourth-order valence-corrected chi connectivity index (χ4v) is 6.62. The number of aryl methyl sites for hydroxylation is 1. The summed E-state index contributed by atoms with van der Waals surface area (Å²) in [6, 6.07) is 14.4. The van der Waals surface area contributed by atoms with Crippen LogP contribution in [0, 0.1) is 30.1 Å². The van der Waals surface area contributed by atoms with Gasteiger partial charge >= 0.3 is 0 Å². The van der Waals surface area contributed by atoms with E-state index >= 15 is 0 Å². The van der Waals surface area contributed by atoms with Crippen LogP contribution in [0.2, 0.25) is 0 Å². The van der Waals surface area contributed by atoms with Crippen molar-refractivity contribution in [1.82, 2.24) is 16.2 Å². The van der Waals surface area contributed by atoms with E-state index in [2.05, 4.69) is 16.2 Å². The molecule has 2 aromatic carbocycles. The topological polar surface area (TPSA) is 96.5 Å². The molecule has 7 heteroatoms. The number of amides is 3. The predicted octanol–water partition coefficient (Wildman–Crippen LogP) is 3.67. The molecule has 0 unspecified atom stereocenters. The van der Waals surface area contributed by atoms with E-state index < -0.39 is 11.8 Å². The Kier molecular flexibility index (Phi) is 6.50. The van der Waals surface area contributed by atoms with Crippen molar-refractivity contribution in [3.63, 3.8) is 0 Å². The molecular formula is C28H33N3O4. The van der Waals surface area contributed by atoms with Gasteiger partial charge in [0.2, 0.25) is 5.91 Å². The molecule has 7 nitrogen and oxygen atoms in total. The number of carbonyl (C=O) groups is 3. The number of hydrazine groups is 1. The van der Waals surface area contributed by atoms with Gasteiger partial charge in [0.1, 0.15) is 5.75 Å². The smallest absolute Gasteiger partial charge is 0.276 e. The number of benzene rings is 2. The Hall–Kier alpha value is -3.35. The fourth-order valence-electron chi connectivity index (χ4n) is 6.62. The summed E-state index contributed by atoms with van der Waals surface area (Å²) in [6.07, 6.45) is 7.09. The molecule has 4 aliphatic carbocycles. The van der Waals surface area contributed by atoms with E-state index in [0.717, 1.165) is 48.1 Å².